The first-order valence-electron chi connectivity index (χ1n) is 7.77. The normalized spacial score (nSPS) is 10.6. The number of ether oxygens (including phenoxy) is 1. The SMILES string of the molecule is CC(C)NC(=O)COC(=O)c1ccccc1SCC(=O)NC(C)C. The summed E-state index contributed by atoms with van der Waals surface area (Å²) in [5.74, 6) is -0.827. The molecule has 0 aromatic heterocycles. The first kappa shape index (κ1) is 20.0. The molecule has 2 amide bonds. The number of benzene rings is 1. The van der Waals surface area contributed by atoms with Crippen molar-refractivity contribution in [3.8, 4) is 0 Å². The first-order valence-corrected chi connectivity index (χ1v) is 8.75. The van der Waals surface area contributed by atoms with Crippen molar-refractivity contribution in [1.29, 1.82) is 0 Å². The molecule has 2 N–H and O–H groups in total. The van der Waals surface area contributed by atoms with Crippen LogP contribution in [-0.4, -0.2) is 42.2 Å². The summed E-state index contributed by atoms with van der Waals surface area (Å²) >= 11 is 1.26. The van der Waals surface area contributed by atoms with Crippen molar-refractivity contribution in [2.45, 2.75) is 44.7 Å². The van der Waals surface area contributed by atoms with Crippen LogP contribution in [0, 0.1) is 0 Å². The highest BCUT2D eigenvalue weighted by atomic mass is 32.2. The van der Waals surface area contributed by atoms with Crippen molar-refractivity contribution < 1.29 is 19.1 Å². The summed E-state index contributed by atoms with van der Waals surface area (Å²) in [6, 6.07) is 6.91. The van der Waals surface area contributed by atoms with Crippen LogP contribution in [0.4, 0.5) is 0 Å². The fourth-order valence-corrected chi connectivity index (χ4v) is 2.69. The molecule has 0 bridgehead atoms. The maximum atomic E-state index is 12.2. The predicted molar refractivity (Wildman–Crippen MR) is 94.0 cm³/mol. The molecule has 0 aliphatic rings. The number of thioether (sulfide) groups is 1. The Morgan fingerprint density at radius 2 is 1.58 bits per heavy atom. The van der Waals surface area contributed by atoms with Gasteiger partial charge in [0.2, 0.25) is 5.91 Å². The molecule has 6 nitrogen and oxygen atoms in total. The molecule has 0 aliphatic carbocycles. The number of carbonyl (C=O) groups is 3. The van der Waals surface area contributed by atoms with Gasteiger partial charge in [0.15, 0.2) is 6.61 Å². The van der Waals surface area contributed by atoms with E-state index in [4.69, 9.17) is 4.74 Å². The Labute approximate surface area is 146 Å². The van der Waals surface area contributed by atoms with E-state index in [0.717, 1.165) is 0 Å². The summed E-state index contributed by atoms with van der Waals surface area (Å²) in [5.41, 5.74) is 0.345. The van der Waals surface area contributed by atoms with E-state index in [-0.39, 0.29) is 36.3 Å². The second-order valence-electron chi connectivity index (χ2n) is 5.81. The van der Waals surface area contributed by atoms with Crippen LogP contribution in [0.1, 0.15) is 38.1 Å². The van der Waals surface area contributed by atoms with Crippen LogP contribution in [0.25, 0.3) is 0 Å². The molecule has 1 aromatic carbocycles. The monoisotopic (exact) mass is 352 g/mol. The number of carbonyl (C=O) groups excluding carboxylic acids is 3. The average molecular weight is 352 g/mol. The van der Waals surface area contributed by atoms with Crippen molar-refractivity contribution in [3.05, 3.63) is 29.8 Å². The molecular weight excluding hydrogens is 328 g/mol. The lowest BCUT2D eigenvalue weighted by Crippen LogP contribution is -2.34. The van der Waals surface area contributed by atoms with Crippen molar-refractivity contribution in [2.75, 3.05) is 12.4 Å². The Bertz CT molecular complexity index is 588. The van der Waals surface area contributed by atoms with Gasteiger partial charge in [0.05, 0.1) is 11.3 Å². The largest absolute Gasteiger partial charge is 0.452 e. The van der Waals surface area contributed by atoms with Gasteiger partial charge in [0, 0.05) is 17.0 Å². The van der Waals surface area contributed by atoms with Crippen LogP contribution in [0.3, 0.4) is 0 Å². The van der Waals surface area contributed by atoms with Gasteiger partial charge in [-0.1, -0.05) is 12.1 Å². The maximum absolute atomic E-state index is 12.2. The highest BCUT2D eigenvalue weighted by Gasteiger charge is 2.16. The van der Waals surface area contributed by atoms with Crippen molar-refractivity contribution in [2.24, 2.45) is 0 Å². The molecular formula is C17H24N2O4S. The minimum atomic E-state index is -0.582. The van der Waals surface area contributed by atoms with Gasteiger partial charge in [-0.25, -0.2) is 4.79 Å². The van der Waals surface area contributed by atoms with Gasteiger partial charge in [0.25, 0.3) is 5.91 Å². The first-order chi connectivity index (χ1) is 11.3. The van der Waals surface area contributed by atoms with Crippen LogP contribution < -0.4 is 10.6 Å². The number of amides is 2. The number of hydrogen-bond acceptors (Lipinski definition) is 5. The van der Waals surface area contributed by atoms with Crippen molar-refractivity contribution in [3.63, 3.8) is 0 Å². The van der Waals surface area contributed by atoms with Crippen LogP contribution in [0.15, 0.2) is 29.2 Å². The number of hydrogen-bond donors (Lipinski definition) is 2. The van der Waals surface area contributed by atoms with E-state index in [1.54, 1.807) is 24.3 Å². The molecule has 0 spiro atoms. The van der Waals surface area contributed by atoms with Gasteiger partial charge in [-0.2, -0.15) is 0 Å². The predicted octanol–water partition coefficient (Wildman–Crippen LogP) is 1.98. The fraction of sp³-hybridized carbons (Fsp3) is 0.471. The van der Waals surface area contributed by atoms with Gasteiger partial charge in [0.1, 0.15) is 0 Å². The average Bonchev–Trinajstić information content (AvgIpc) is 2.49. The molecule has 0 radical (unpaired) electrons. The second-order valence-corrected chi connectivity index (χ2v) is 6.82. The zero-order valence-electron chi connectivity index (χ0n) is 14.4. The zero-order chi connectivity index (χ0) is 18.1. The summed E-state index contributed by atoms with van der Waals surface area (Å²) < 4.78 is 5.04. The second kappa shape index (κ2) is 9.97. The molecule has 24 heavy (non-hydrogen) atoms. The Balaban J connectivity index is 2.63. The van der Waals surface area contributed by atoms with E-state index in [1.807, 2.05) is 27.7 Å². The third-order valence-electron chi connectivity index (χ3n) is 2.70. The Kier molecular flexibility index (Phi) is 8.32. The van der Waals surface area contributed by atoms with Crippen molar-refractivity contribution >= 4 is 29.5 Å². The van der Waals surface area contributed by atoms with Crippen LogP contribution in [-0.2, 0) is 14.3 Å². The van der Waals surface area contributed by atoms with E-state index >= 15 is 0 Å². The topological polar surface area (TPSA) is 84.5 Å². The van der Waals surface area contributed by atoms with Crippen LogP contribution >= 0.6 is 11.8 Å². The standard InChI is InChI=1S/C17H24N2O4S/c1-11(2)18-15(20)9-23-17(22)13-7-5-6-8-14(13)24-10-16(21)19-12(3)4/h5-8,11-12H,9-10H2,1-4H3,(H,18,20)(H,19,21). The van der Waals surface area contributed by atoms with Crippen LogP contribution in [0.5, 0.6) is 0 Å². The Hall–Kier alpha value is -2.02. The molecule has 0 atom stereocenters. The highest BCUT2D eigenvalue weighted by Crippen LogP contribution is 2.23. The summed E-state index contributed by atoms with van der Waals surface area (Å²) in [6.45, 7) is 7.09. The number of nitrogens with one attached hydrogen (secondary N) is 2. The van der Waals surface area contributed by atoms with Crippen molar-refractivity contribution in [1.82, 2.24) is 10.6 Å². The van der Waals surface area contributed by atoms with Gasteiger partial charge in [-0.3, -0.25) is 9.59 Å². The summed E-state index contributed by atoms with van der Waals surface area (Å²) in [7, 11) is 0. The quantitative estimate of drug-likeness (QED) is 0.552. The summed E-state index contributed by atoms with van der Waals surface area (Å²) in [4.78, 5) is 36.1. The molecule has 0 saturated heterocycles. The molecule has 1 rings (SSSR count). The lowest BCUT2D eigenvalue weighted by Gasteiger charge is -2.11. The molecule has 7 heteroatoms. The third kappa shape index (κ3) is 7.50. The summed E-state index contributed by atoms with van der Waals surface area (Å²) in [6.07, 6.45) is 0. The molecule has 1 aromatic rings. The van der Waals surface area contributed by atoms with E-state index in [9.17, 15) is 14.4 Å². The van der Waals surface area contributed by atoms with Gasteiger partial charge in [-0.05, 0) is 39.8 Å². The molecule has 0 unspecified atom stereocenters. The van der Waals surface area contributed by atoms with E-state index in [2.05, 4.69) is 10.6 Å². The molecule has 0 saturated carbocycles. The minimum Gasteiger partial charge on any atom is -0.452 e. The lowest BCUT2D eigenvalue weighted by molar-refractivity contribution is -0.124. The summed E-state index contributed by atoms with van der Waals surface area (Å²) in [5, 5.41) is 5.44. The molecule has 0 fully saturated rings. The molecule has 132 valence electrons. The minimum absolute atomic E-state index is 0.0153. The Morgan fingerprint density at radius 1 is 1.00 bits per heavy atom. The number of esters is 1. The highest BCUT2D eigenvalue weighted by molar-refractivity contribution is 8.00. The van der Waals surface area contributed by atoms with Gasteiger partial charge in [-0.15, -0.1) is 11.8 Å². The van der Waals surface area contributed by atoms with E-state index in [0.29, 0.717) is 10.5 Å². The Morgan fingerprint density at radius 3 is 2.21 bits per heavy atom. The lowest BCUT2D eigenvalue weighted by atomic mass is 10.2. The van der Waals surface area contributed by atoms with E-state index in [1.165, 1.54) is 11.8 Å². The van der Waals surface area contributed by atoms with Crippen LogP contribution in [0.2, 0.25) is 0 Å². The molecule has 0 aliphatic heterocycles. The fourth-order valence-electron chi connectivity index (χ4n) is 1.84. The van der Waals surface area contributed by atoms with Gasteiger partial charge >= 0.3 is 5.97 Å². The van der Waals surface area contributed by atoms with E-state index < -0.39 is 5.97 Å². The third-order valence-corrected chi connectivity index (χ3v) is 3.77. The zero-order valence-corrected chi connectivity index (χ0v) is 15.2. The molecule has 0 heterocycles. The van der Waals surface area contributed by atoms with Gasteiger partial charge < -0.3 is 15.4 Å². The number of rotatable bonds is 8. The smallest absolute Gasteiger partial charge is 0.339 e. The maximum Gasteiger partial charge on any atom is 0.339 e.